The lowest BCUT2D eigenvalue weighted by atomic mass is 10.1. The quantitative estimate of drug-likeness (QED) is 0.778. The lowest BCUT2D eigenvalue weighted by Crippen LogP contribution is -2.25. The van der Waals surface area contributed by atoms with Gasteiger partial charge < -0.3 is 5.32 Å². The molecule has 0 aliphatic carbocycles. The minimum Gasteiger partial charge on any atom is -0.352 e. The summed E-state index contributed by atoms with van der Waals surface area (Å²) in [5.41, 5.74) is 3.15. The Morgan fingerprint density at radius 2 is 1.88 bits per heavy atom. The smallest absolute Gasteiger partial charge is 0.251 e. The van der Waals surface area contributed by atoms with Crippen molar-refractivity contribution in [3.05, 3.63) is 70.2 Å². The molecule has 2 nitrogen and oxygen atoms in total. The van der Waals surface area contributed by atoms with Crippen molar-refractivity contribution >= 4 is 41.0 Å². The summed E-state index contributed by atoms with van der Waals surface area (Å²) in [5, 5.41) is 3.70. The number of hydrogen-bond donors (Lipinski definition) is 1. The van der Waals surface area contributed by atoms with Gasteiger partial charge in [0.1, 0.15) is 0 Å². The first-order chi connectivity index (χ1) is 11.7. The standard InChI is InChI=1S/C19H20ClNOS2/c20-17-4-1-3-14(13-17)9-10-21-18(22)15-5-7-16(8-6-15)19-23-11-2-12-24-19/h1,3-8,13,19H,2,9-12H2,(H,21,22). The normalized spacial score (nSPS) is 15.2. The SMILES string of the molecule is O=C(NCCc1cccc(Cl)c1)c1ccc(C2SCCCS2)cc1. The van der Waals surface area contributed by atoms with Crippen LogP contribution in [0.25, 0.3) is 0 Å². The van der Waals surface area contributed by atoms with Crippen molar-refractivity contribution in [3.8, 4) is 0 Å². The highest BCUT2D eigenvalue weighted by molar-refractivity contribution is 8.16. The third kappa shape index (κ3) is 4.95. The Kier molecular flexibility index (Phi) is 6.52. The molecule has 3 rings (SSSR count). The van der Waals surface area contributed by atoms with Crippen LogP contribution in [-0.2, 0) is 6.42 Å². The van der Waals surface area contributed by atoms with Gasteiger partial charge in [-0.1, -0.05) is 35.9 Å². The largest absolute Gasteiger partial charge is 0.352 e. The van der Waals surface area contributed by atoms with E-state index >= 15 is 0 Å². The van der Waals surface area contributed by atoms with Gasteiger partial charge >= 0.3 is 0 Å². The van der Waals surface area contributed by atoms with Crippen molar-refractivity contribution < 1.29 is 4.79 Å². The predicted molar refractivity (Wildman–Crippen MR) is 106 cm³/mol. The number of thioether (sulfide) groups is 2. The Hall–Kier alpha value is -1.10. The van der Waals surface area contributed by atoms with Gasteiger partial charge in [0.05, 0.1) is 4.58 Å². The van der Waals surface area contributed by atoms with Gasteiger partial charge in [-0.25, -0.2) is 0 Å². The van der Waals surface area contributed by atoms with Crippen LogP contribution in [0.5, 0.6) is 0 Å². The van der Waals surface area contributed by atoms with Crippen LogP contribution in [0.3, 0.4) is 0 Å². The van der Waals surface area contributed by atoms with Gasteiger partial charge in [-0.3, -0.25) is 4.79 Å². The molecule has 5 heteroatoms. The van der Waals surface area contributed by atoms with E-state index in [1.165, 1.54) is 23.5 Å². The van der Waals surface area contributed by atoms with Crippen LogP contribution in [0.15, 0.2) is 48.5 Å². The van der Waals surface area contributed by atoms with E-state index in [9.17, 15) is 4.79 Å². The summed E-state index contributed by atoms with van der Waals surface area (Å²) in [6.45, 7) is 0.606. The van der Waals surface area contributed by atoms with E-state index in [0.29, 0.717) is 11.1 Å². The average Bonchev–Trinajstić information content (AvgIpc) is 2.63. The maximum absolute atomic E-state index is 12.2. The summed E-state index contributed by atoms with van der Waals surface area (Å²) in [4.78, 5) is 12.2. The Morgan fingerprint density at radius 3 is 2.58 bits per heavy atom. The molecule has 1 N–H and O–H groups in total. The van der Waals surface area contributed by atoms with Crippen molar-refractivity contribution in [2.45, 2.75) is 17.4 Å². The molecule has 1 amide bonds. The third-order valence-electron chi connectivity index (χ3n) is 3.86. The second-order valence-electron chi connectivity index (χ2n) is 5.68. The van der Waals surface area contributed by atoms with Gasteiger partial charge in [-0.15, -0.1) is 23.5 Å². The molecule has 1 aliphatic rings. The number of halogens is 1. The van der Waals surface area contributed by atoms with E-state index in [1.807, 2.05) is 59.9 Å². The first-order valence-electron chi connectivity index (χ1n) is 8.08. The van der Waals surface area contributed by atoms with E-state index in [1.54, 1.807) is 0 Å². The lowest BCUT2D eigenvalue weighted by Gasteiger charge is -2.21. The van der Waals surface area contributed by atoms with Crippen LogP contribution in [0, 0.1) is 0 Å². The molecule has 1 aliphatic heterocycles. The molecule has 2 aromatic carbocycles. The topological polar surface area (TPSA) is 29.1 Å². The predicted octanol–water partition coefficient (Wildman–Crippen LogP) is 5.18. The van der Waals surface area contributed by atoms with Crippen molar-refractivity contribution in [2.75, 3.05) is 18.1 Å². The zero-order chi connectivity index (χ0) is 16.8. The number of rotatable bonds is 5. The second-order valence-corrected chi connectivity index (χ2v) is 8.85. The number of amides is 1. The monoisotopic (exact) mass is 377 g/mol. The fraction of sp³-hybridized carbons (Fsp3) is 0.316. The van der Waals surface area contributed by atoms with E-state index < -0.39 is 0 Å². The van der Waals surface area contributed by atoms with Gasteiger partial charge in [0.25, 0.3) is 5.91 Å². The summed E-state index contributed by atoms with van der Waals surface area (Å²) in [7, 11) is 0. The molecule has 0 atom stereocenters. The Balaban J connectivity index is 1.51. The Labute approximate surface area is 156 Å². The molecule has 0 unspecified atom stereocenters. The first-order valence-corrected chi connectivity index (χ1v) is 10.6. The lowest BCUT2D eigenvalue weighted by molar-refractivity contribution is 0.0954. The number of hydrogen-bond acceptors (Lipinski definition) is 3. The minimum absolute atomic E-state index is 0.0208. The highest BCUT2D eigenvalue weighted by Gasteiger charge is 2.16. The zero-order valence-corrected chi connectivity index (χ0v) is 15.7. The fourth-order valence-electron chi connectivity index (χ4n) is 2.59. The summed E-state index contributed by atoms with van der Waals surface area (Å²) in [6.07, 6.45) is 2.07. The maximum Gasteiger partial charge on any atom is 0.251 e. The third-order valence-corrected chi connectivity index (χ3v) is 7.11. The highest BCUT2D eigenvalue weighted by Crippen LogP contribution is 2.43. The zero-order valence-electron chi connectivity index (χ0n) is 13.3. The van der Waals surface area contributed by atoms with E-state index in [4.69, 9.17) is 11.6 Å². The molecule has 1 fully saturated rings. The van der Waals surface area contributed by atoms with Crippen molar-refractivity contribution in [3.63, 3.8) is 0 Å². The highest BCUT2D eigenvalue weighted by atomic mass is 35.5. The molecule has 2 aromatic rings. The van der Waals surface area contributed by atoms with Crippen molar-refractivity contribution in [1.29, 1.82) is 0 Å². The van der Waals surface area contributed by atoms with E-state index in [-0.39, 0.29) is 5.91 Å². The average molecular weight is 378 g/mol. The number of carbonyl (C=O) groups is 1. The molecule has 0 saturated carbocycles. The van der Waals surface area contributed by atoms with E-state index in [2.05, 4.69) is 17.4 Å². The second kappa shape index (κ2) is 8.84. The van der Waals surface area contributed by atoms with E-state index in [0.717, 1.165) is 22.6 Å². The molecular formula is C19H20ClNOS2. The van der Waals surface area contributed by atoms with Crippen LogP contribution in [-0.4, -0.2) is 24.0 Å². The molecule has 126 valence electrons. The van der Waals surface area contributed by atoms with Crippen molar-refractivity contribution in [2.24, 2.45) is 0 Å². The van der Waals surface area contributed by atoms with Crippen LogP contribution in [0.1, 0.15) is 32.5 Å². The maximum atomic E-state index is 12.2. The van der Waals surface area contributed by atoms with Gasteiger partial charge in [-0.2, -0.15) is 0 Å². The molecule has 0 radical (unpaired) electrons. The van der Waals surface area contributed by atoms with Gasteiger partial charge in [0.15, 0.2) is 0 Å². The summed E-state index contributed by atoms with van der Waals surface area (Å²) >= 11 is 9.96. The van der Waals surface area contributed by atoms with Crippen LogP contribution >= 0.6 is 35.1 Å². The Bertz CT molecular complexity index is 684. The van der Waals surface area contributed by atoms with Crippen molar-refractivity contribution in [1.82, 2.24) is 5.32 Å². The minimum atomic E-state index is -0.0208. The molecule has 0 aromatic heterocycles. The molecule has 0 spiro atoms. The van der Waals surface area contributed by atoms with Crippen LogP contribution in [0.2, 0.25) is 5.02 Å². The fourth-order valence-corrected chi connectivity index (χ4v) is 5.69. The van der Waals surface area contributed by atoms with Gasteiger partial charge in [0, 0.05) is 17.1 Å². The first kappa shape index (κ1) is 17.7. The Morgan fingerprint density at radius 1 is 1.12 bits per heavy atom. The summed E-state index contributed by atoms with van der Waals surface area (Å²) < 4.78 is 0.513. The number of benzene rings is 2. The molecule has 1 saturated heterocycles. The number of carbonyl (C=O) groups excluding carboxylic acids is 1. The molecule has 0 bridgehead atoms. The summed E-state index contributed by atoms with van der Waals surface area (Å²) in [6, 6.07) is 15.8. The van der Waals surface area contributed by atoms with Crippen LogP contribution in [0.4, 0.5) is 0 Å². The van der Waals surface area contributed by atoms with Gasteiger partial charge in [-0.05, 0) is 59.7 Å². The van der Waals surface area contributed by atoms with Gasteiger partial charge in [0.2, 0.25) is 0 Å². The molecule has 24 heavy (non-hydrogen) atoms. The number of nitrogens with one attached hydrogen (secondary N) is 1. The summed E-state index contributed by atoms with van der Waals surface area (Å²) in [5.74, 6) is 2.43. The van der Waals surface area contributed by atoms with Crippen LogP contribution < -0.4 is 5.32 Å². The molecule has 1 heterocycles. The molecular weight excluding hydrogens is 358 g/mol.